The summed E-state index contributed by atoms with van der Waals surface area (Å²) in [6, 6.07) is 0.0175. The van der Waals surface area contributed by atoms with Crippen LogP contribution in [0, 0.1) is 5.92 Å². The summed E-state index contributed by atoms with van der Waals surface area (Å²) in [5.41, 5.74) is -0.488. The minimum atomic E-state index is -0.772. The monoisotopic (exact) mass is 255 g/mol. The summed E-state index contributed by atoms with van der Waals surface area (Å²) < 4.78 is 5.27. The van der Waals surface area contributed by atoms with Crippen LogP contribution in [0.3, 0.4) is 0 Å². The predicted octanol–water partition coefficient (Wildman–Crippen LogP) is 1.27. The number of methoxy groups -OCH3 is 1. The first-order valence-corrected chi connectivity index (χ1v) is 6.45. The Hall–Kier alpha value is -1.10. The lowest BCUT2D eigenvalue weighted by molar-refractivity contribution is -0.143. The van der Waals surface area contributed by atoms with Crippen molar-refractivity contribution in [2.24, 2.45) is 5.92 Å². The molecule has 1 amide bonds. The summed E-state index contributed by atoms with van der Waals surface area (Å²) in [4.78, 5) is 25.2. The highest BCUT2D eigenvalue weighted by Gasteiger charge is 2.51. The fourth-order valence-corrected chi connectivity index (χ4v) is 3.17. The molecule has 2 rings (SSSR count). The second-order valence-corrected chi connectivity index (χ2v) is 5.92. The van der Waals surface area contributed by atoms with Gasteiger partial charge in [0, 0.05) is 19.2 Å². The van der Waals surface area contributed by atoms with E-state index in [1.807, 2.05) is 13.8 Å². The van der Waals surface area contributed by atoms with Crippen LogP contribution in [0.5, 0.6) is 0 Å². The molecule has 2 aliphatic rings. The minimum Gasteiger partial charge on any atom is -0.481 e. The van der Waals surface area contributed by atoms with E-state index in [9.17, 15) is 9.59 Å². The van der Waals surface area contributed by atoms with Gasteiger partial charge in [-0.1, -0.05) is 0 Å². The van der Waals surface area contributed by atoms with E-state index in [2.05, 4.69) is 0 Å². The molecule has 0 aromatic heterocycles. The lowest BCUT2D eigenvalue weighted by atomic mass is 9.89. The largest absolute Gasteiger partial charge is 0.481 e. The van der Waals surface area contributed by atoms with Gasteiger partial charge in [-0.3, -0.25) is 9.59 Å². The van der Waals surface area contributed by atoms with Gasteiger partial charge in [0.25, 0.3) is 0 Å². The minimum absolute atomic E-state index is 0.0260. The predicted molar refractivity (Wildman–Crippen MR) is 65.1 cm³/mol. The van der Waals surface area contributed by atoms with Gasteiger partial charge in [-0.15, -0.1) is 0 Å². The van der Waals surface area contributed by atoms with Crippen molar-refractivity contribution in [1.82, 2.24) is 4.90 Å². The number of hydrogen-bond donors (Lipinski definition) is 1. The van der Waals surface area contributed by atoms with Crippen LogP contribution in [0.2, 0.25) is 0 Å². The van der Waals surface area contributed by atoms with E-state index in [1.165, 1.54) is 0 Å². The van der Waals surface area contributed by atoms with Crippen LogP contribution in [0.15, 0.2) is 0 Å². The maximum absolute atomic E-state index is 12.3. The summed E-state index contributed by atoms with van der Waals surface area (Å²) in [5, 5.41) is 9.15. The van der Waals surface area contributed by atoms with Crippen molar-refractivity contribution in [3.8, 4) is 0 Å². The maximum atomic E-state index is 12.3. The third-order valence-corrected chi connectivity index (χ3v) is 4.27. The van der Waals surface area contributed by atoms with Gasteiger partial charge in [0.05, 0.1) is 17.9 Å². The van der Waals surface area contributed by atoms with Gasteiger partial charge >= 0.3 is 5.97 Å². The number of carbonyl (C=O) groups is 2. The zero-order valence-electron chi connectivity index (χ0n) is 11.2. The van der Waals surface area contributed by atoms with Gasteiger partial charge in [0.1, 0.15) is 0 Å². The SMILES string of the molecule is COC(C)(C)CC(=O)N1C2CCC1C(C(=O)O)C2. The topological polar surface area (TPSA) is 66.8 Å². The molecule has 3 unspecified atom stereocenters. The molecule has 0 aliphatic carbocycles. The molecule has 0 radical (unpaired) electrons. The van der Waals surface area contributed by atoms with Crippen molar-refractivity contribution in [3.63, 3.8) is 0 Å². The molecule has 2 aliphatic heterocycles. The molecule has 0 aromatic rings. The first-order chi connectivity index (χ1) is 8.35. The molecule has 0 aromatic carbocycles. The summed E-state index contributed by atoms with van der Waals surface area (Å²) in [7, 11) is 1.59. The third-order valence-electron chi connectivity index (χ3n) is 4.27. The number of fused-ring (bicyclic) bond motifs is 2. The van der Waals surface area contributed by atoms with Crippen molar-refractivity contribution in [2.45, 2.75) is 57.2 Å². The van der Waals surface area contributed by atoms with E-state index in [4.69, 9.17) is 9.84 Å². The molecular weight excluding hydrogens is 234 g/mol. The van der Waals surface area contributed by atoms with E-state index >= 15 is 0 Å². The number of carboxylic acids is 1. The molecule has 2 heterocycles. The van der Waals surface area contributed by atoms with Crippen molar-refractivity contribution < 1.29 is 19.4 Å². The van der Waals surface area contributed by atoms with Crippen LogP contribution < -0.4 is 0 Å². The van der Waals surface area contributed by atoms with Crippen molar-refractivity contribution in [2.75, 3.05) is 7.11 Å². The van der Waals surface area contributed by atoms with Crippen LogP contribution in [0.25, 0.3) is 0 Å². The number of nitrogens with zero attached hydrogens (tertiary/aromatic N) is 1. The Labute approximate surface area is 107 Å². The zero-order valence-corrected chi connectivity index (χ0v) is 11.2. The van der Waals surface area contributed by atoms with Crippen LogP contribution >= 0.6 is 0 Å². The average molecular weight is 255 g/mol. The highest BCUT2D eigenvalue weighted by atomic mass is 16.5. The van der Waals surface area contributed by atoms with Gasteiger partial charge in [0.2, 0.25) is 5.91 Å². The molecule has 2 saturated heterocycles. The fourth-order valence-electron chi connectivity index (χ4n) is 3.17. The van der Waals surface area contributed by atoms with Crippen molar-refractivity contribution in [1.29, 1.82) is 0 Å². The lowest BCUT2D eigenvalue weighted by Gasteiger charge is -2.28. The Balaban J connectivity index is 2.07. The number of amides is 1. The molecule has 102 valence electrons. The summed E-state index contributed by atoms with van der Waals surface area (Å²) in [6.07, 6.45) is 2.68. The molecule has 0 saturated carbocycles. The molecular formula is C13H21NO4. The van der Waals surface area contributed by atoms with E-state index < -0.39 is 11.6 Å². The van der Waals surface area contributed by atoms with Crippen LogP contribution in [0.1, 0.15) is 39.5 Å². The van der Waals surface area contributed by atoms with E-state index in [0.29, 0.717) is 12.8 Å². The van der Waals surface area contributed by atoms with Gasteiger partial charge in [0.15, 0.2) is 0 Å². The van der Waals surface area contributed by atoms with Crippen LogP contribution in [-0.4, -0.2) is 46.7 Å². The maximum Gasteiger partial charge on any atom is 0.308 e. The number of carboxylic acid groups (broad SMARTS) is 1. The summed E-state index contributed by atoms with van der Waals surface area (Å²) >= 11 is 0. The standard InChI is InChI=1S/C13H21NO4/c1-13(2,18-3)7-11(15)14-8-4-5-10(14)9(6-8)12(16)17/h8-10H,4-7H2,1-3H3,(H,16,17). The molecule has 1 N–H and O–H groups in total. The molecule has 0 spiro atoms. The van der Waals surface area contributed by atoms with Crippen LogP contribution in [-0.2, 0) is 14.3 Å². The quantitative estimate of drug-likeness (QED) is 0.821. The number of hydrogen-bond acceptors (Lipinski definition) is 3. The smallest absolute Gasteiger partial charge is 0.308 e. The first kappa shape index (κ1) is 13.3. The fraction of sp³-hybridized carbons (Fsp3) is 0.846. The number of ether oxygens (including phenoxy) is 1. The Bertz CT molecular complexity index is 366. The number of rotatable bonds is 4. The third kappa shape index (κ3) is 2.23. The van der Waals surface area contributed by atoms with E-state index in [1.54, 1.807) is 12.0 Å². The highest BCUT2D eigenvalue weighted by molar-refractivity contribution is 5.81. The first-order valence-electron chi connectivity index (χ1n) is 6.45. The molecule has 3 atom stereocenters. The van der Waals surface area contributed by atoms with E-state index in [0.717, 1.165) is 12.8 Å². The second kappa shape index (κ2) is 4.53. The summed E-state index contributed by atoms with van der Waals surface area (Å²) in [6.45, 7) is 3.75. The summed E-state index contributed by atoms with van der Waals surface area (Å²) in [5.74, 6) is -1.12. The highest BCUT2D eigenvalue weighted by Crippen LogP contribution is 2.42. The lowest BCUT2D eigenvalue weighted by Crippen LogP contribution is -2.41. The Kier molecular flexibility index (Phi) is 3.36. The van der Waals surface area contributed by atoms with Crippen molar-refractivity contribution >= 4 is 11.9 Å². The molecule has 2 fully saturated rings. The van der Waals surface area contributed by atoms with Gasteiger partial charge in [-0.05, 0) is 33.1 Å². The molecule has 2 bridgehead atoms. The molecule has 5 nitrogen and oxygen atoms in total. The molecule has 18 heavy (non-hydrogen) atoms. The Morgan fingerprint density at radius 1 is 1.39 bits per heavy atom. The van der Waals surface area contributed by atoms with Crippen LogP contribution in [0.4, 0.5) is 0 Å². The normalized spacial score (nSPS) is 30.8. The Morgan fingerprint density at radius 2 is 2.06 bits per heavy atom. The second-order valence-electron chi connectivity index (χ2n) is 5.92. The van der Waals surface area contributed by atoms with Gasteiger partial charge in [-0.2, -0.15) is 0 Å². The molecule has 5 heteroatoms. The Morgan fingerprint density at radius 3 is 2.56 bits per heavy atom. The van der Waals surface area contributed by atoms with E-state index in [-0.39, 0.29) is 23.9 Å². The van der Waals surface area contributed by atoms with Gasteiger partial charge in [-0.25, -0.2) is 0 Å². The van der Waals surface area contributed by atoms with Gasteiger partial charge < -0.3 is 14.7 Å². The van der Waals surface area contributed by atoms with Crippen molar-refractivity contribution in [3.05, 3.63) is 0 Å². The zero-order chi connectivity index (χ0) is 13.5. The average Bonchev–Trinajstić information content (AvgIpc) is 2.85. The number of aliphatic carboxylic acids is 1. The number of carbonyl (C=O) groups excluding carboxylic acids is 1.